The molecule has 21 heavy (non-hydrogen) atoms. The number of aromatic nitrogens is 2. The van der Waals surface area contributed by atoms with Gasteiger partial charge in [0.05, 0.1) is 10.5 Å². The molecule has 0 saturated heterocycles. The Balaban J connectivity index is 2.31. The number of hydrogen-bond acceptors (Lipinski definition) is 4. The second-order valence-electron chi connectivity index (χ2n) is 6.19. The van der Waals surface area contributed by atoms with Crippen molar-refractivity contribution in [1.82, 2.24) is 9.55 Å². The molecule has 6 heteroatoms. The molecule has 0 bridgehead atoms. The standard InChI is InChI=1S/C15H23N3O2S/c1-15(2,3)21(19,20)10-9-18-11-12(6-7-16)13-5-4-8-17-14(13)18/h4-5,8,11H,6-7,9-10,16H2,1-3H3. The molecular formula is C15H23N3O2S. The van der Waals surface area contributed by atoms with Crippen LogP contribution in [0, 0.1) is 0 Å². The fourth-order valence-electron chi connectivity index (χ4n) is 2.25. The lowest BCUT2D eigenvalue weighted by Crippen LogP contribution is -2.31. The zero-order chi connectivity index (χ0) is 15.7. The zero-order valence-electron chi connectivity index (χ0n) is 12.8. The number of nitrogens with two attached hydrogens (primary N) is 1. The van der Waals surface area contributed by atoms with Crippen LogP contribution in [0.1, 0.15) is 26.3 Å². The lowest BCUT2D eigenvalue weighted by atomic mass is 10.2. The maximum atomic E-state index is 12.2. The van der Waals surface area contributed by atoms with Gasteiger partial charge in [-0.25, -0.2) is 13.4 Å². The molecule has 0 amide bonds. The zero-order valence-corrected chi connectivity index (χ0v) is 13.7. The topological polar surface area (TPSA) is 78.0 Å². The fraction of sp³-hybridized carbons (Fsp3) is 0.533. The number of fused-ring (bicyclic) bond motifs is 1. The van der Waals surface area contributed by atoms with Crippen LogP contribution >= 0.6 is 0 Å². The molecule has 0 spiro atoms. The van der Waals surface area contributed by atoms with Crippen LogP contribution in [0.3, 0.4) is 0 Å². The first kappa shape index (κ1) is 16.0. The third kappa shape index (κ3) is 3.27. The molecule has 0 fully saturated rings. The molecule has 2 aromatic rings. The molecule has 0 saturated carbocycles. The summed E-state index contributed by atoms with van der Waals surface area (Å²) in [7, 11) is -3.14. The molecule has 2 rings (SSSR count). The average Bonchev–Trinajstić information content (AvgIpc) is 2.75. The van der Waals surface area contributed by atoms with E-state index in [2.05, 4.69) is 4.98 Å². The van der Waals surface area contributed by atoms with E-state index in [1.54, 1.807) is 27.0 Å². The van der Waals surface area contributed by atoms with Crippen LogP contribution in [-0.4, -0.2) is 35.0 Å². The molecule has 0 atom stereocenters. The van der Waals surface area contributed by atoms with Gasteiger partial charge in [-0.2, -0.15) is 0 Å². The van der Waals surface area contributed by atoms with Crippen molar-refractivity contribution in [3.8, 4) is 0 Å². The highest BCUT2D eigenvalue weighted by molar-refractivity contribution is 7.92. The summed E-state index contributed by atoms with van der Waals surface area (Å²) in [5.41, 5.74) is 7.58. The molecule has 2 N–H and O–H groups in total. The third-order valence-electron chi connectivity index (χ3n) is 3.66. The maximum absolute atomic E-state index is 12.2. The van der Waals surface area contributed by atoms with Crippen molar-refractivity contribution in [3.63, 3.8) is 0 Å². The van der Waals surface area contributed by atoms with Gasteiger partial charge < -0.3 is 10.3 Å². The molecule has 2 aromatic heterocycles. The van der Waals surface area contributed by atoms with E-state index in [1.807, 2.05) is 22.9 Å². The van der Waals surface area contributed by atoms with E-state index in [9.17, 15) is 8.42 Å². The van der Waals surface area contributed by atoms with Gasteiger partial charge >= 0.3 is 0 Å². The number of pyridine rings is 1. The molecule has 116 valence electrons. The summed E-state index contributed by atoms with van der Waals surface area (Å²) in [5.74, 6) is 0.110. The third-order valence-corrected chi connectivity index (χ3v) is 6.25. The molecule has 0 aliphatic carbocycles. The summed E-state index contributed by atoms with van der Waals surface area (Å²) in [6, 6.07) is 3.89. The van der Waals surface area contributed by atoms with Crippen molar-refractivity contribution in [2.75, 3.05) is 12.3 Å². The first-order valence-electron chi connectivity index (χ1n) is 7.11. The van der Waals surface area contributed by atoms with E-state index in [0.717, 1.165) is 23.0 Å². The predicted octanol–water partition coefficient (Wildman–Crippen LogP) is 1.75. The molecule has 5 nitrogen and oxygen atoms in total. The Morgan fingerprint density at radius 1 is 1.33 bits per heavy atom. The molecule has 2 heterocycles. The largest absolute Gasteiger partial charge is 0.331 e. The van der Waals surface area contributed by atoms with E-state index >= 15 is 0 Å². The van der Waals surface area contributed by atoms with Crippen LogP contribution in [-0.2, 0) is 22.8 Å². The summed E-state index contributed by atoms with van der Waals surface area (Å²) < 4.78 is 25.7. The van der Waals surface area contributed by atoms with Gasteiger partial charge in [0.15, 0.2) is 9.84 Å². The Hall–Kier alpha value is -1.40. The lowest BCUT2D eigenvalue weighted by Gasteiger charge is -2.19. The second-order valence-corrected chi connectivity index (χ2v) is 9.05. The number of sulfone groups is 1. The fourth-order valence-corrected chi connectivity index (χ4v) is 3.29. The van der Waals surface area contributed by atoms with Gasteiger partial charge in [-0.05, 0) is 51.4 Å². The molecule has 0 radical (unpaired) electrons. The van der Waals surface area contributed by atoms with Crippen LogP contribution in [0.25, 0.3) is 11.0 Å². The van der Waals surface area contributed by atoms with Crippen molar-refractivity contribution in [2.24, 2.45) is 5.73 Å². The Bertz CT molecular complexity index is 727. The highest BCUT2D eigenvalue weighted by atomic mass is 32.2. The van der Waals surface area contributed by atoms with Gasteiger partial charge in [-0.15, -0.1) is 0 Å². The minimum Gasteiger partial charge on any atom is -0.331 e. The van der Waals surface area contributed by atoms with E-state index in [-0.39, 0.29) is 5.75 Å². The summed E-state index contributed by atoms with van der Waals surface area (Å²) in [6.07, 6.45) is 4.47. The van der Waals surface area contributed by atoms with Crippen LogP contribution in [0.5, 0.6) is 0 Å². The van der Waals surface area contributed by atoms with Gasteiger partial charge in [0, 0.05) is 24.3 Å². The first-order valence-corrected chi connectivity index (χ1v) is 8.76. The predicted molar refractivity (Wildman–Crippen MR) is 86.0 cm³/mol. The maximum Gasteiger partial charge on any atom is 0.156 e. The van der Waals surface area contributed by atoms with Crippen molar-refractivity contribution in [1.29, 1.82) is 0 Å². The van der Waals surface area contributed by atoms with Gasteiger partial charge in [-0.3, -0.25) is 0 Å². The normalized spacial score (nSPS) is 13.0. The smallest absolute Gasteiger partial charge is 0.156 e. The van der Waals surface area contributed by atoms with Crippen LogP contribution in [0.2, 0.25) is 0 Å². The lowest BCUT2D eigenvalue weighted by molar-refractivity contribution is 0.554. The van der Waals surface area contributed by atoms with Gasteiger partial charge in [-0.1, -0.05) is 0 Å². The summed E-state index contributed by atoms with van der Waals surface area (Å²) in [5, 5.41) is 1.05. The first-order chi connectivity index (χ1) is 9.76. The van der Waals surface area contributed by atoms with E-state index in [1.165, 1.54) is 0 Å². The quantitative estimate of drug-likeness (QED) is 0.912. The molecule has 0 aliphatic rings. The van der Waals surface area contributed by atoms with Crippen molar-refractivity contribution in [3.05, 3.63) is 30.1 Å². The van der Waals surface area contributed by atoms with Crippen LogP contribution < -0.4 is 5.73 Å². The average molecular weight is 309 g/mol. The summed E-state index contributed by atoms with van der Waals surface area (Å²) >= 11 is 0. The van der Waals surface area contributed by atoms with E-state index in [0.29, 0.717) is 13.1 Å². The van der Waals surface area contributed by atoms with E-state index < -0.39 is 14.6 Å². The van der Waals surface area contributed by atoms with E-state index in [4.69, 9.17) is 5.73 Å². The summed E-state index contributed by atoms with van der Waals surface area (Å²) in [4.78, 5) is 4.37. The van der Waals surface area contributed by atoms with Crippen LogP contribution in [0.15, 0.2) is 24.5 Å². The SMILES string of the molecule is CC(C)(C)S(=O)(=O)CCn1cc(CCN)c2cccnc21. The minimum atomic E-state index is -3.14. The minimum absolute atomic E-state index is 0.110. The summed E-state index contributed by atoms with van der Waals surface area (Å²) in [6.45, 7) is 6.17. The Morgan fingerprint density at radius 3 is 2.67 bits per heavy atom. The van der Waals surface area contributed by atoms with Gasteiger partial charge in [0.1, 0.15) is 5.65 Å². The molecule has 0 unspecified atom stereocenters. The van der Waals surface area contributed by atoms with Crippen molar-refractivity contribution >= 4 is 20.9 Å². The van der Waals surface area contributed by atoms with Gasteiger partial charge in [0.2, 0.25) is 0 Å². The Morgan fingerprint density at radius 2 is 2.05 bits per heavy atom. The molecular weight excluding hydrogens is 286 g/mol. The number of rotatable bonds is 5. The van der Waals surface area contributed by atoms with Gasteiger partial charge in [0.25, 0.3) is 0 Å². The number of hydrogen-bond donors (Lipinski definition) is 1. The molecule has 0 aliphatic heterocycles. The van der Waals surface area contributed by atoms with Crippen molar-refractivity contribution < 1.29 is 8.42 Å². The number of nitrogens with zero attached hydrogens (tertiary/aromatic N) is 2. The Labute approximate surface area is 126 Å². The number of aryl methyl sites for hydroxylation is 1. The monoisotopic (exact) mass is 309 g/mol. The highest BCUT2D eigenvalue weighted by Crippen LogP contribution is 2.21. The van der Waals surface area contributed by atoms with Crippen LogP contribution in [0.4, 0.5) is 0 Å². The van der Waals surface area contributed by atoms with Crippen molar-refractivity contribution in [2.45, 2.75) is 38.5 Å². The Kier molecular flexibility index (Phi) is 4.39. The molecule has 0 aromatic carbocycles. The highest BCUT2D eigenvalue weighted by Gasteiger charge is 2.28. The second kappa shape index (κ2) is 5.77.